The van der Waals surface area contributed by atoms with Crippen LogP contribution in [0.3, 0.4) is 0 Å². The molecule has 0 aromatic heterocycles. The van der Waals surface area contributed by atoms with Gasteiger partial charge in [-0.2, -0.15) is 13.5 Å². The lowest BCUT2D eigenvalue weighted by Gasteiger charge is -2.11. The number of ether oxygens (including phenoxy) is 2. The predicted molar refractivity (Wildman–Crippen MR) is 93.5 cm³/mol. The first-order chi connectivity index (χ1) is 11.5. The van der Waals surface area contributed by atoms with Gasteiger partial charge in [0.15, 0.2) is 11.5 Å². The van der Waals surface area contributed by atoms with Crippen molar-refractivity contribution in [1.82, 2.24) is 4.83 Å². The quantitative estimate of drug-likeness (QED) is 0.602. The van der Waals surface area contributed by atoms with Crippen LogP contribution in [0.1, 0.15) is 12.5 Å². The number of hydrogen-bond donors (Lipinski definition) is 1. The fourth-order valence-electron chi connectivity index (χ4n) is 1.95. The maximum absolute atomic E-state index is 12.1. The first-order valence-corrected chi connectivity index (χ1v) is 8.94. The van der Waals surface area contributed by atoms with Crippen LogP contribution in [0.5, 0.6) is 11.5 Å². The molecule has 2 aromatic carbocycles. The third-order valence-corrected chi connectivity index (χ3v) is 4.50. The molecule has 0 aliphatic heterocycles. The van der Waals surface area contributed by atoms with Crippen LogP contribution >= 0.6 is 11.6 Å². The summed E-state index contributed by atoms with van der Waals surface area (Å²) in [5.41, 5.74) is 0.569. The molecule has 0 unspecified atom stereocenters. The van der Waals surface area contributed by atoms with Gasteiger partial charge >= 0.3 is 0 Å². The van der Waals surface area contributed by atoms with Gasteiger partial charge in [0.1, 0.15) is 0 Å². The monoisotopic (exact) mass is 368 g/mol. The standard InChI is InChI=1S/C16H17ClN2O4S/c1-3-23-15-10-12(9-14(17)16(15)22-2)11-18-19-24(20,21)13-7-5-4-6-8-13/h4-11,19H,3H2,1-2H3/b18-11+. The zero-order chi connectivity index (χ0) is 17.6. The molecular weight excluding hydrogens is 352 g/mol. The molecule has 0 saturated carbocycles. The molecule has 2 aromatic rings. The SMILES string of the molecule is CCOc1cc(/C=N/NS(=O)(=O)c2ccccc2)cc(Cl)c1OC. The Kier molecular flexibility index (Phi) is 6.05. The first-order valence-electron chi connectivity index (χ1n) is 7.08. The lowest BCUT2D eigenvalue weighted by Crippen LogP contribution is -2.18. The molecule has 0 bridgehead atoms. The highest BCUT2D eigenvalue weighted by Gasteiger charge is 2.12. The lowest BCUT2D eigenvalue weighted by atomic mass is 10.2. The molecule has 6 nitrogen and oxygen atoms in total. The van der Waals surface area contributed by atoms with Crippen molar-refractivity contribution in [1.29, 1.82) is 0 Å². The summed E-state index contributed by atoms with van der Waals surface area (Å²) in [5.74, 6) is 0.875. The van der Waals surface area contributed by atoms with Crippen LogP contribution in [0, 0.1) is 0 Å². The van der Waals surface area contributed by atoms with Crippen molar-refractivity contribution >= 4 is 27.8 Å². The number of nitrogens with zero attached hydrogens (tertiary/aromatic N) is 1. The van der Waals surface area contributed by atoms with Gasteiger partial charge in [-0.05, 0) is 36.8 Å². The molecule has 0 heterocycles. The number of benzene rings is 2. The van der Waals surface area contributed by atoms with E-state index in [0.717, 1.165) is 0 Å². The summed E-state index contributed by atoms with van der Waals surface area (Å²) < 4.78 is 34.8. The van der Waals surface area contributed by atoms with Crippen LogP contribution < -0.4 is 14.3 Å². The normalized spacial score (nSPS) is 11.5. The van der Waals surface area contributed by atoms with Gasteiger partial charge in [-0.15, -0.1) is 0 Å². The second-order valence-electron chi connectivity index (χ2n) is 4.63. The van der Waals surface area contributed by atoms with E-state index in [1.165, 1.54) is 25.5 Å². The summed E-state index contributed by atoms with van der Waals surface area (Å²) in [5, 5.41) is 4.11. The Hall–Kier alpha value is -2.25. The highest BCUT2D eigenvalue weighted by atomic mass is 35.5. The molecule has 2 rings (SSSR count). The molecule has 0 aliphatic rings. The summed E-state index contributed by atoms with van der Waals surface area (Å²) in [6.45, 7) is 2.27. The lowest BCUT2D eigenvalue weighted by molar-refractivity contribution is 0.311. The van der Waals surface area contributed by atoms with E-state index in [1.807, 2.05) is 6.92 Å². The molecule has 0 fully saturated rings. The van der Waals surface area contributed by atoms with Gasteiger partial charge in [0, 0.05) is 0 Å². The average molecular weight is 369 g/mol. The molecule has 8 heteroatoms. The summed E-state index contributed by atoms with van der Waals surface area (Å²) in [4.78, 5) is 2.28. The van der Waals surface area contributed by atoms with Gasteiger partial charge in [-0.1, -0.05) is 29.8 Å². The van der Waals surface area contributed by atoms with Gasteiger partial charge < -0.3 is 9.47 Å². The van der Waals surface area contributed by atoms with Crippen molar-refractivity contribution in [2.45, 2.75) is 11.8 Å². The number of sulfonamides is 1. The molecular formula is C16H17ClN2O4S. The van der Waals surface area contributed by atoms with Crippen LogP contribution in [-0.2, 0) is 10.0 Å². The van der Waals surface area contributed by atoms with Crippen molar-refractivity contribution in [3.63, 3.8) is 0 Å². The number of halogens is 1. The van der Waals surface area contributed by atoms with Gasteiger partial charge in [-0.25, -0.2) is 4.83 Å². The third-order valence-electron chi connectivity index (χ3n) is 2.98. The summed E-state index contributed by atoms with van der Waals surface area (Å²) in [7, 11) is -2.22. The molecule has 0 saturated heterocycles. The number of nitrogens with one attached hydrogen (secondary N) is 1. The fourth-order valence-corrected chi connectivity index (χ4v) is 3.05. The maximum atomic E-state index is 12.1. The molecule has 0 radical (unpaired) electrons. The minimum Gasteiger partial charge on any atom is -0.491 e. The van der Waals surface area contributed by atoms with E-state index in [4.69, 9.17) is 21.1 Å². The molecule has 0 amide bonds. The van der Waals surface area contributed by atoms with Crippen molar-refractivity contribution in [2.24, 2.45) is 5.10 Å². The van der Waals surface area contributed by atoms with Crippen molar-refractivity contribution in [3.05, 3.63) is 53.1 Å². The Labute approximate surface area is 146 Å². The van der Waals surface area contributed by atoms with Crippen molar-refractivity contribution in [2.75, 3.05) is 13.7 Å². The van der Waals surface area contributed by atoms with Crippen molar-refractivity contribution < 1.29 is 17.9 Å². The first kappa shape index (κ1) is 18.1. The fraction of sp³-hybridized carbons (Fsp3) is 0.188. The van der Waals surface area contributed by atoms with E-state index in [0.29, 0.717) is 28.7 Å². The van der Waals surface area contributed by atoms with Crippen LogP contribution in [-0.4, -0.2) is 28.3 Å². The van der Waals surface area contributed by atoms with Gasteiger partial charge in [-0.3, -0.25) is 0 Å². The van der Waals surface area contributed by atoms with Gasteiger partial charge in [0.25, 0.3) is 10.0 Å². The number of hydrogen-bond acceptors (Lipinski definition) is 5. The smallest absolute Gasteiger partial charge is 0.276 e. The van der Waals surface area contributed by atoms with Crippen molar-refractivity contribution in [3.8, 4) is 11.5 Å². The number of hydrazone groups is 1. The minimum absolute atomic E-state index is 0.130. The molecule has 0 spiro atoms. The van der Waals surface area contributed by atoms with E-state index >= 15 is 0 Å². The van der Waals surface area contributed by atoms with Crippen LogP contribution in [0.4, 0.5) is 0 Å². The van der Waals surface area contributed by atoms with E-state index in [2.05, 4.69) is 9.93 Å². The number of methoxy groups -OCH3 is 1. The van der Waals surface area contributed by atoms with Crippen LogP contribution in [0.15, 0.2) is 52.5 Å². The van der Waals surface area contributed by atoms with Crippen LogP contribution in [0.25, 0.3) is 0 Å². The molecule has 128 valence electrons. The van der Waals surface area contributed by atoms with Crippen LogP contribution in [0.2, 0.25) is 5.02 Å². The van der Waals surface area contributed by atoms with E-state index in [-0.39, 0.29) is 4.90 Å². The average Bonchev–Trinajstić information content (AvgIpc) is 2.56. The zero-order valence-electron chi connectivity index (χ0n) is 13.2. The highest BCUT2D eigenvalue weighted by Crippen LogP contribution is 2.35. The zero-order valence-corrected chi connectivity index (χ0v) is 14.8. The van der Waals surface area contributed by atoms with E-state index < -0.39 is 10.0 Å². The summed E-state index contributed by atoms with van der Waals surface area (Å²) in [6.07, 6.45) is 1.34. The molecule has 0 atom stereocenters. The molecule has 1 N–H and O–H groups in total. The second-order valence-corrected chi connectivity index (χ2v) is 6.70. The minimum atomic E-state index is -3.71. The Bertz CT molecular complexity index is 823. The predicted octanol–water partition coefficient (Wildman–Crippen LogP) is 3.06. The summed E-state index contributed by atoms with van der Waals surface area (Å²) >= 11 is 6.13. The van der Waals surface area contributed by atoms with Gasteiger partial charge in [0.05, 0.1) is 29.8 Å². The molecule has 24 heavy (non-hydrogen) atoms. The molecule has 0 aliphatic carbocycles. The van der Waals surface area contributed by atoms with E-state index in [9.17, 15) is 8.42 Å². The summed E-state index contributed by atoms with van der Waals surface area (Å²) in [6, 6.07) is 11.2. The Morgan fingerprint density at radius 2 is 1.96 bits per heavy atom. The number of rotatable bonds is 7. The van der Waals surface area contributed by atoms with E-state index in [1.54, 1.807) is 30.3 Å². The largest absolute Gasteiger partial charge is 0.491 e. The highest BCUT2D eigenvalue weighted by molar-refractivity contribution is 7.89. The van der Waals surface area contributed by atoms with Gasteiger partial charge in [0.2, 0.25) is 0 Å². The Morgan fingerprint density at radius 3 is 2.58 bits per heavy atom. The maximum Gasteiger partial charge on any atom is 0.276 e. The Balaban J connectivity index is 2.20. The second kappa shape index (κ2) is 8.03. The Morgan fingerprint density at radius 1 is 1.25 bits per heavy atom. The third kappa shape index (κ3) is 4.39. The topological polar surface area (TPSA) is 77.0 Å².